The smallest absolute Gasteiger partial charge is 0.504 e. The van der Waals surface area contributed by atoms with Crippen molar-refractivity contribution in [3.05, 3.63) is 71.3 Å². The Morgan fingerprint density at radius 2 is 0.750 bits per heavy atom. The first-order valence-corrected chi connectivity index (χ1v) is 23.8. The minimum atomic E-state index is -5.02. The van der Waals surface area contributed by atoms with Crippen LogP contribution in [0.3, 0.4) is 0 Å². The maximum Gasteiger partial charge on any atom is 0.524 e. The normalized spacial score (nSPS) is 14.7. The van der Waals surface area contributed by atoms with Crippen molar-refractivity contribution in [2.75, 3.05) is 0 Å². The fraction of sp³-hybridized carbons (Fsp3) is 0.364. The second-order valence-corrected chi connectivity index (χ2v) is 19.0. The number of benzene rings is 3. The van der Waals surface area contributed by atoms with Crippen molar-refractivity contribution < 1.29 is 100 Å². The van der Waals surface area contributed by atoms with Gasteiger partial charge in [-0.15, -0.1) is 0 Å². The minimum Gasteiger partial charge on any atom is -0.504 e. The topological polar surface area (TPSA) is 473 Å². The van der Waals surface area contributed by atoms with Gasteiger partial charge >= 0.3 is 31.3 Å². The Kier molecular flexibility index (Phi) is 20.6. The molecule has 0 saturated carbocycles. The molecule has 0 unspecified atom stereocenters. The summed E-state index contributed by atoms with van der Waals surface area (Å²) in [6.07, 6.45) is 0.381. The second kappa shape index (κ2) is 22.8. The molecule has 0 radical (unpaired) electrons. The number of phosphoric acid groups is 4. The molecule has 27 nitrogen and oxygen atoms in total. The second-order valence-electron chi connectivity index (χ2n) is 14.3. The molecule has 0 heterocycles. The van der Waals surface area contributed by atoms with Crippen molar-refractivity contribution in [2.45, 2.75) is 77.4 Å². The summed E-state index contributed by atoms with van der Waals surface area (Å²) in [4.78, 5) is 105. The van der Waals surface area contributed by atoms with E-state index in [9.17, 15) is 42.9 Å². The number of nitrogens with one attached hydrogen (secondary N) is 3. The van der Waals surface area contributed by atoms with E-state index in [-0.39, 0.29) is 48.1 Å². The molecule has 0 aliphatic carbocycles. The zero-order valence-corrected chi connectivity index (χ0v) is 38.4. The van der Waals surface area contributed by atoms with Crippen molar-refractivity contribution in [1.82, 2.24) is 16.3 Å². The molecule has 360 valence electrons. The Bertz CT molecular complexity index is 2340. The first-order chi connectivity index (χ1) is 28.9. The van der Waals surface area contributed by atoms with Crippen LogP contribution in [0.25, 0.3) is 0 Å². The molecule has 19 N–H and O–H groups in total. The highest BCUT2D eigenvalue weighted by Gasteiger charge is 2.32. The Balaban J connectivity index is 0.000000483. The quantitative estimate of drug-likeness (QED) is 0.0414. The summed E-state index contributed by atoms with van der Waals surface area (Å²) >= 11 is 0. The zero-order valence-electron chi connectivity index (χ0n) is 34.8. The molecule has 0 bridgehead atoms. The lowest BCUT2D eigenvalue weighted by Crippen LogP contribution is -2.53. The Morgan fingerprint density at radius 3 is 1.08 bits per heavy atom. The predicted molar refractivity (Wildman–Crippen MR) is 224 cm³/mol. The first-order valence-electron chi connectivity index (χ1n) is 17.6. The number of carbonyl (C=O) groups is 3. The van der Waals surface area contributed by atoms with Gasteiger partial charge in [-0.25, -0.2) is 34.5 Å². The van der Waals surface area contributed by atoms with Crippen LogP contribution in [0.5, 0.6) is 34.5 Å². The maximum atomic E-state index is 11.6. The van der Waals surface area contributed by atoms with Crippen molar-refractivity contribution in [1.29, 1.82) is 0 Å². The van der Waals surface area contributed by atoms with Gasteiger partial charge in [-0.1, -0.05) is 18.2 Å². The number of hydrogen-bond donors (Lipinski definition) is 16. The number of phenolic OH excluding ortho intramolecular Hbond substituents is 2. The summed E-state index contributed by atoms with van der Waals surface area (Å²) in [5, 5.41) is 19.1. The van der Waals surface area contributed by atoms with E-state index in [1.54, 1.807) is 13.8 Å². The van der Waals surface area contributed by atoms with Gasteiger partial charge in [-0.2, -0.15) is 0 Å². The van der Waals surface area contributed by atoms with Crippen molar-refractivity contribution in [3.63, 3.8) is 0 Å². The fourth-order valence-electron chi connectivity index (χ4n) is 4.87. The van der Waals surface area contributed by atoms with E-state index >= 15 is 0 Å². The first kappa shape index (κ1) is 57.8. The van der Waals surface area contributed by atoms with Gasteiger partial charge in [0.25, 0.3) is 0 Å². The van der Waals surface area contributed by atoms with Crippen LogP contribution in [0.1, 0.15) is 58.2 Å². The maximum absolute atomic E-state index is 11.6. The molecular weight excluding hydrogens is 940 g/mol. The SMILES string of the molecule is CC(=O)[C@](C)(Cc1ccc(O)c(OP(=O)(O)O)c1)NN.CC(=O)[C@](C)(Cc1ccc(OP(=O)(O)O)c(O)c1)NN.CC(=O)[C@](C)(Cc1ccc(OP(=O)(O)O)c(OP(=O)(O)O)c1)NN. The minimum absolute atomic E-state index is 0.0204. The van der Waals surface area contributed by atoms with Gasteiger partial charge in [0.1, 0.15) is 0 Å². The van der Waals surface area contributed by atoms with Gasteiger partial charge in [0.15, 0.2) is 51.8 Å². The van der Waals surface area contributed by atoms with E-state index in [0.717, 1.165) is 12.1 Å². The molecule has 31 heteroatoms. The molecular formula is C33H52N6O21P4. The standard InChI is InChI=1S/C11H18N2O9P2.2C11H17N2O6P/c1-7(14)11(2,13-12)6-8-3-4-9(21-23(15,16)17)10(5-8)22-24(18,19)20;1-7(14)11(2,13-12)6-8-3-4-10(9(15)5-8)19-20(16,17)18;1-7(14)11(2,13-12)6-8-3-4-9(15)10(5-8)19-20(16,17)18/h3-5,13H,6,12H2,1-2H3,(H2,15,16,17)(H2,18,19,20);2*3-5,13,15H,6,12H2,1-2H3,(H2,16,17,18)/t3*11-/m000/s1. The number of hydrazine groups is 3. The number of hydrogen-bond acceptors (Lipinski definition) is 19. The van der Waals surface area contributed by atoms with Crippen molar-refractivity contribution in [3.8, 4) is 34.5 Å². The third-order valence-corrected chi connectivity index (χ3v) is 10.6. The summed E-state index contributed by atoms with van der Waals surface area (Å²) in [6.45, 7) is 8.76. The number of phosphoric ester groups is 4. The van der Waals surface area contributed by atoms with E-state index in [1.807, 2.05) is 0 Å². The lowest BCUT2D eigenvalue weighted by molar-refractivity contribution is -0.123. The third-order valence-electron chi connectivity index (χ3n) is 8.88. The predicted octanol–water partition coefficient (Wildman–Crippen LogP) is 0.418. The zero-order chi connectivity index (χ0) is 49.9. The van der Waals surface area contributed by atoms with Crippen LogP contribution in [0.2, 0.25) is 0 Å². The van der Waals surface area contributed by atoms with Crippen LogP contribution in [0.4, 0.5) is 0 Å². The molecule has 3 aromatic carbocycles. The number of nitrogens with two attached hydrogens (primary N) is 3. The van der Waals surface area contributed by atoms with Gasteiger partial charge in [0.05, 0.1) is 16.6 Å². The number of phenols is 2. The largest absolute Gasteiger partial charge is 0.524 e. The highest BCUT2D eigenvalue weighted by molar-refractivity contribution is 7.47. The third kappa shape index (κ3) is 19.9. The molecule has 0 saturated heterocycles. The van der Waals surface area contributed by atoms with Crippen molar-refractivity contribution >= 4 is 48.6 Å². The van der Waals surface area contributed by atoms with E-state index in [2.05, 4.69) is 34.4 Å². The molecule has 0 amide bonds. The van der Waals surface area contributed by atoms with Crippen LogP contribution in [-0.2, 0) is 51.9 Å². The molecule has 0 fully saturated rings. The summed E-state index contributed by atoms with van der Waals surface area (Å²) in [5.41, 5.74) is 5.39. The van der Waals surface area contributed by atoms with Gasteiger partial charge in [0.2, 0.25) is 0 Å². The molecule has 3 rings (SSSR count). The number of aromatic hydroxyl groups is 2. The van der Waals surface area contributed by atoms with Gasteiger partial charge < -0.3 is 28.3 Å². The fourth-order valence-corrected chi connectivity index (χ4v) is 6.49. The molecule has 0 aromatic heterocycles. The summed E-state index contributed by atoms with van der Waals surface area (Å²) in [5.74, 6) is 12.7. The average molecular weight is 993 g/mol. The Hall–Kier alpha value is -4.17. The highest BCUT2D eigenvalue weighted by Crippen LogP contribution is 2.48. The number of rotatable bonds is 20. The van der Waals surface area contributed by atoms with E-state index in [0.29, 0.717) is 16.7 Å². The Morgan fingerprint density at radius 1 is 0.469 bits per heavy atom. The average Bonchev–Trinajstić information content (AvgIpc) is 3.13. The lowest BCUT2D eigenvalue weighted by Gasteiger charge is -2.26. The summed E-state index contributed by atoms with van der Waals surface area (Å²) < 4.78 is 60.8. The molecule has 0 aliphatic rings. The molecule has 3 aromatic rings. The van der Waals surface area contributed by atoms with E-state index in [1.165, 1.54) is 70.2 Å². The van der Waals surface area contributed by atoms with Gasteiger partial charge in [0, 0.05) is 0 Å². The lowest BCUT2D eigenvalue weighted by atomic mass is 9.90. The molecule has 0 aliphatic heterocycles. The molecule has 64 heavy (non-hydrogen) atoms. The highest BCUT2D eigenvalue weighted by atomic mass is 31.2. The molecule has 3 atom stereocenters. The Labute approximate surface area is 365 Å². The summed E-state index contributed by atoms with van der Waals surface area (Å²) in [6, 6.07) is 11.4. The van der Waals surface area contributed by atoms with E-state index in [4.69, 9.17) is 56.7 Å². The molecule has 0 spiro atoms. The van der Waals surface area contributed by atoms with Crippen LogP contribution in [-0.4, -0.2) is 83.3 Å². The van der Waals surface area contributed by atoms with E-state index < -0.39 is 70.9 Å². The van der Waals surface area contributed by atoms with Crippen LogP contribution < -0.4 is 51.9 Å². The monoisotopic (exact) mass is 992 g/mol. The van der Waals surface area contributed by atoms with Crippen LogP contribution in [0, 0.1) is 0 Å². The number of carbonyl (C=O) groups excluding carboxylic acids is 3. The summed E-state index contributed by atoms with van der Waals surface area (Å²) in [7, 11) is -19.5. The van der Waals surface area contributed by atoms with Gasteiger partial charge in [-0.05, 0) is 114 Å². The van der Waals surface area contributed by atoms with Crippen LogP contribution in [0.15, 0.2) is 54.6 Å². The number of ketones is 3. The number of Topliss-reactive ketones (excluding diaryl/α,β-unsaturated/α-hetero) is 3. The van der Waals surface area contributed by atoms with Crippen LogP contribution >= 0.6 is 31.3 Å². The van der Waals surface area contributed by atoms with Gasteiger partial charge in [-0.3, -0.25) is 71.1 Å². The van der Waals surface area contributed by atoms with Crippen molar-refractivity contribution in [2.24, 2.45) is 17.5 Å².